The lowest BCUT2D eigenvalue weighted by atomic mass is 9.99. The Morgan fingerprint density at radius 3 is 2.48 bits per heavy atom. The summed E-state index contributed by atoms with van der Waals surface area (Å²) in [5.41, 5.74) is 1.76. The van der Waals surface area contributed by atoms with Crippen molar-refractivity contribution in [3.05, 3.63) is 65.2 Å². The van der Waals surface area contributed by atoms with Crippen LogP contribution in [0.4, 0.5) is 0 Å². The third-order valence-electron chi connectivity index (χ3n) is 3.58. The van der Waals surface area contributed by atoms with Crippen molar-refractivity contribution in [2.45, 2.75) is 10.7 Å². The highest BCUT2D eigenvalue weighted by molar-refractivity contribution is 6.77. The van der Waals surface area contributed by atoms with Gasteiger partial charge in [-0.2, -0.15) is 0 Å². The van der Waals surface area contributed by atoms with E-state index in [1.54, 1.807) is 6.92 Å². The summed E-state index contributed by atoms with van der Waals surface area (Å²) in [4.78, 5) is 27.5. The fraction of sp³-hybridized carbons (Fsp3) is 0.118. The second-order valence-corrected chi connectivity index (χ2v) is 7.57. The van der Waals surface area contributed by atoms with E-state index >= 15 is 0 Å². The first kappa shape index (κ1) is 17.7. The Balaban J connectivity index is 2.00. The molecule has 0 radical (unpaired) electrons. The number of Topliss-reactive ketones (excluding diaryl/α,β-unsaturated/α-hetero) is 1. The summed E-state index contributed by atoms with van der Waals surface area (Å²) in [5, 5.41) is 3.98. The Kier molecular flexibility index (Phi) is 4.73. The quantitative estimate of drug-likeness (QED) is 0.508. The zero-order valence-electron chi connectivity index (χ0n) is 12.8. The Morgan fingerprint density at radius 1 is 1.16 bits per heavy atom. The van der Waals surface area contributed by atoms with Crippen LogP contribution >= 0.6 is 34.8 Å². The number of aromatic nitrogens is 2. The van der Waals surface area contributed by atoms with E-state index in [9.17, 15) is 9.59 Å². The maximum absolute atomic E-state index is 12.9. The molecule has 0 saturated carbocycles. The van der Waals surface area contributed by atoms with Crippen molar-refractivity contribution >= 4 is 46.4 Å². The standard InChI is InChI=1S/C17H11Cl3N2O3/c1-9-13(14(22-25-9)10-5-3-2-4-6-10)15(23)11-7-12(21-8-11)16(24)17(18,19)20/h2-8,21H,1H3. The number of benzene rings is 1. The van der Waals surface area contributed by atoms with Crippen molar-refractivity contribution in [3.8, 4) is 11.3 Å². The zero-order chi connectivity index (χ0) is 18.2. The van der Waals surface area contributed by atoms with Gasteiger partial charge in [-0.25, -0.2) is 0 Å². The van der Waals surface area contributed by atoms with Gasteiger partial charge in [-0.05, 0) is 13.0 Å². The van der Waals surface area contributed by atoms with Gasteiger partial charge in [0, 0.05) is 17.3 Å². The number of halogens is 3. The molecule has 0 spiro atoms. The fourth-order valence-electron chi connectivity index (χ4n) is 2.39. The SMILES string of the molecule is Cc1onc(-c2ccccc2)c1C(=O)c1c[nH]c(C(=O)C(Cl)(Cl)Cl)c1. The van der Waals surface area contributed by atoms with E-state index < -0.39 is 9.58 Å². The van der Waals surface area contributed by atoms with E-state index in [0.29, 0.717) is 17.0 Å². The largest absolute Gasteiger partial charge is 0.360 e. The van der Waals surface area contributed by atoms with Crippen molar-refractivity contribution in [2.24, 2.45) is 0 Å². The third-order valence-corrected chi connectivity index (χ3v) is 4.10. The van der Waals surface area contributed by atoms with Crippen LogP contribution in [0.1, 0.15) is 32.2 Å². The minimum absolute atomic E-state index is 0.0266. The number of hydrogen-bond donors (Lipinski definition) is 1. The first-order chi connectivity index (χ1) is 11.8. The number of rotatable bonds is 4. The summed E-state index contributed by atoms with van der Waals surface area (Å²) in [7, 11) is 0. The van der Waals surface area contributed by atoms with Crippen LogP contribution in [0.5, 0.6) is 0 Å². The predicted octanol–water partition coefficient (Wildman–Crippen LogP) is 4.76. The molecule has 0 saturated heterocycles. The third kappa shape index (κ3) is 3.49. The summed E-state index contributed by atoms with van der Waals surface area (Å²) >= 11 is 16.8. The van der Waals surface area contributed by atoms with E-state index in [4.69, 9.17) is 39.3 Å². The number of alkyl halides is 3. The lowest BCUT2D eigenvalue weighted by Gasteiger charge is -2.06. The number of carbonyl (C=O) groups is 2. The first-order valence-corrected chi connectivity index (χ1v) is 8.28. The minimum Gasteiger partial charge on any atom is -0.360 e. The Morgan fingerprint density at radius 2 is 1.84 bits per heavy atom. The van der Waals surface area contributed by atoms with Gasteiger partial charge in [-0.1, -0.05) is 70.3 Å². The number of carbonyl (C=O) groups excluding carboxylic acids is 2. The molecule has 3 rings (SSSR count). The molecule has 0 amide bonds. The number of nitrogens with zero attached hydrogens (tertiary/aromatic N) is 1. The van der Waals surface area contributed by atoms with Gasteiger partial charge in [0.05, 0.1) is 11.3 Å². The lowest BCUT2D eigenvalue weighted by Crippen LogP contribution is -2.19. The van der Waals surface area contributed by atoms with Crippen LogP contribution in [0.2, 0.25) is 0 Å². The molecular formula is C17H11Cl3N2O3. The number of aromatic amines is 1. The second kappa shape index (κ2) is 6.67. The molecule has 25 heavy (non-hydrogen) atoms. The molecule has 0 bridgehead atoms. The molecule has 2 aromatic heterocycles. The van der Waals surface area contributed by atoms with E-state index in [0.717, 1.165) is 5.56 Å². The summed E-state index contributed by atoms with van der Waals surface area (Å²) in [6.45, 7) is 1.65. The normalized spacial score (nSPS) is 11.5. The van der Waals surface area contributed by atoms with Crippen LogP contribution in [0, 0.1) is 6.92 Å². The Hall–Kier alpha value is -2.08. The summed E-state index contributed by atoms with van der Waals surface area (Å²) < 4.78 is 3.09. The highest BCUT2D eigenvalue weighted by Crippen LogP contribution is 2.31. The molecule has 0 aliphatic carbocycles. The summed E-state index contributed by atoms with van der Waals surface area (Å²) in [5.74, 6) is -0.724. The van der Waals surface area contributed by atoms with E-state index in [1.165, 1.54) is 12.3 Å². The van der Waals surface area contributed by atoms with Gasteiger partial charge in [0.2, 0.25) is 5.78 Å². The fourth-order valence-corrected chi connectivity index (χ4v) is 2.69. The van der Waals surface area contributed by atoms with Gasteiger partial charge in [-0.3, -0.25) is 9.59 Å². The van der Waals surface area contributed by atoms with E-state index in [1.807, 2.05) is 30.3 Å². The first-order valence-electron chi connectivity index (χ1n) is 7.15. The Bertz CT molecular complexity index is 940. The van der Waals surface area contributed by atoms with Gasteiger partial charge >= 0.3 is 0 Å². The second-order valence-electron chi connectivity index (χ2n) is 5.29. The summed E-state index contributed by atoms with van der Waals surface area (Å²) in [6.07, 6.45) is 1.38. The molecular weight excluding hydrogens is 387 g/mol. The number of hydrogen-bond acceptors (Lipinski definition) is 4. The average Bonchev–Trinajstić information content (AvgIpc) is 3.20. The number of ketones is 2. The molecule has 8 heteroatoms. The summed E-state index contributed by atoms with van der Waals surface area (Å²) in [6, 6.07) is 10.5. The minimum atomic E-state index is -2.10. The number of aryl methyl sites for hydroxylation is 1. The molecule has 0 fully saturated rings. The molecule has 128 valence electrons. The molecule has 1 N–H and O–H groups in total. The van der Waals surface area contributed by atoms with Crippen molar-refractivity contribution in [1.82, 2.24) is 10.1 Å². The highest BCUT2D eigenvalue weighted by Gasteiger charge is 2.33. The van der Waals surface area contributed by atoms with Gasteiger partial charge < -0.3 is 9.51 Å². The maximum Gasteiger partial charge on any atom is 0.254 e. The molecule has 0 aliphatic heterocycles. The highest BCUT2D eigenvalue weighted by atomic mass is 35.6. The number of nitrogens with one attached hydrogen (secondary N) is 1. The lowest BCUT2D eigenvalue weighted by molar-refractivity contribution is 0.0992. The monoisotopic (exact) mass is 396 g/mol. The molecule has 1 aromatic carbocycles. The Labute approximate surface area is 157 Å². The van der Waals surface area contributed by atoms with Crippen LogP contribution < -0.4 is 0 Å². The molecule has 0 aliphatic rings. The van der Waals surface area contributed by atoms with E-state index in [2.05, 4.69) is 10.1 Å². The van der Waals surface area contributed by atoms with Crippen LogP contribution in [-0.2, 0) is 0 Å². The van der Waals surface area contributed by atoms with Gasteiger partial charge in [0.25, 0.3) is 3.79 Å². The van der Waals surface area contributed by atoms with E-state index in [-0.39, 0.29) is 17.0 Å². The maximum atomic E-state index is 12.9. The van der Waals surface area contributed by atoms with Crippen molar-refractivity contribution < 1.29 is 14.1 Å². The smallest absolute Gasteiger partial charge is 0.254 e. The molecule has 0 unspecified atom stereocenters. The van der Waals surface area contributed by atoms with Crippen molar-refractivity contribution in [1.29, 1.82) is 0 Å². The molecule has 0 atom stereocenters. The zero-order valence-corrected chi connectivity index (χ0v) is 15.1. The van der Waals surface area contributed by atoms with Crippen LogP contribution in [0.3, 0.4) is 0 Å². The van der Waals surface area contributed by atoms with Gasteiger partial charge in [0.1, 0.15) is 11.5 Å². The topological polar surface area (TPSA) is 76.0 Å². The average molecular weight is 398 g/mol. The molecule has 3 aromatic rings. The van der Waals surface area contributed by atoms with Crippen LogP contribution in [0.25, 0.3) is 11.3 Å². The molecule has 5 nitrogen and oxygen atoms in total. The molecule has 2 heterocycles. The van der Waals surface area contributed by atoms with Crippen molar-refractivity contribution in [2.75, 3.05) is 0 Å². The predicted molar refractivity (Wildman–Crippen MR) is 95.5 cm³/mol. The van der Waals surface area contributed by atoms with Crippen molar-refractivity contribution in [3.63, 3.8) is 0 Å². The van der Waals surface area contributed by atoms with Gasteiger partial charge in [0.15, 0.2) is 5.78 Å². The van der Waals surface area contributed by atoms with Gasteiger partial charge in [-0.15, -0.1) is 0 Å². The number of H-pyrrole nitrogens is 1. The van der Waals surface area contributed by atoms with Crippen LogP contribution in [0.15, 0.2) is 47.1 Å². The van der Waals surface area contributed by atoms with Crippen LogP contribution in [-0.4, -0.2) is 25.5 Å².